The number of phosphoric acid groups is 2. The van der Waals surface area contributed by atoms with Crippen LogP contribution in [0.25, 0.3) is 22.3 Å². The van der Waals surface area contributed by atoms with E-state index in [1.807, 2.05) is 0 Å². The van der Waals surface area contributed by atoms with Crippen molar-refractivity contribution in [2.24, 2.45) is 11.3 Å². The molecular weight excluding hydrogens is 659 g/mol. The van der Waals surface area contributed by atoms with Gasteiger partial charge in [-0.1, -0.05) is 0 Å². The Kier molecular flexibility index (Phi) is 6.64. The van der Waals surface area contributed by atoms with Crippen LogP contribution < -0.4 is 11.3 Å². The summed E-state index contributed by atoms with van der Waals surface area (Å²) in [6.07, 6.45) is -6.27. The number of alkyl halides is 1. The Balaban J connectivity index is 1.14. The molecule has 0 aromatic carbocycles. The van der Waals surface area contributed by atoms with Gasteiger partial charge in [-0.25, -0.2) is 38.4 Å². The zero-order valence-corrected chi connectivity index (χ0v) is 25.3. The second kappa shape index (κ2) is 10.1. The minimum atomic E-state index is -5.06. The predicted molar refractivity (Wildman–Crippen MR) is 148 cm³/mol. The highest BCUT2D eigenvalue weighted by molar-refractivity contribution is 7.47. The summed E-state index contributed by atoms with van der Waals surface area (Å²) in [6.45, 7) is 0.132. The van der Waals surface area contributed by atoms with Gasteiger partial charge in [0.2, 0.25) is 0 Å². The molecular formula is C23H26FN9O11P2. The van der Waals surface area contributed by atoms with Crippen LogP contribution in [-0.2, 0) is 32.0 Å². The number of aryl methyl sites for hydroxylation is 1. The molecule has 4 fully saturated rings. The fourth-order valence-corrected chi connectivity index (χ4v) is 8.81. The van der Waals surface area contributed by atoms with Gasteiger partial charge >= 0.3 is 15.6 Å². The number of nitrogen functional groups attached to an aromatic ring is 1. The van der Waals surface area contributed by atoms with E-state index in [0.717, 1.165) is 6.33 Å². The highest BCUT2D eigenvalue weighted by Crippen LogP contribution is 2.71. The molecule has 4 aromatic rings. The number of fused-ring (bicyclic) bond motifs is 4. The van der Waals surface area contributed by atoms with Crippen LogP contribution in [0.2, 0.25) is 0 Å². The van der Waals surface area contributed by atoms with Crippen molar-refractivity contribution in [2.45, 2.75) is 56.2 Å². The number of aliphatic hydroxyl groups excluding tert-OH is 1. The summed E-state index contributed by atoms with van der Waals surface area (Å²) in [6, 6.07) is -0.928. The number of imidazole rings is 2. The molecule has 6 heterocycles. The number of halogens is 1. The van der Waals surface area contributed by atoms with Gasteiger partial charge in [-0.3, -0.25) is 27.5 Å². The third-order valence-corrected chi connectivity index (χ3v) is 11.0. The van der Waals surface area contributed by atoms with Crippen LogP contribution in [0.15, 0.2) is 23.8 Å². The molecule has 46 heavy (non-hydrogen) atoms. The minimum absolute atomic E-state index is 0.0141. The first-order valence-corrected chi connectivity index (χ1v) is 16.9. The number of ether oxygens (including phenoxy) is 1. The Bertz CT molecular complexity index is 2040. The number of phosphoric ester groups is 2. The lowest BCUT2D eigenvalue weighted by molar-refractivity contribution is -0.0535. The average Bonchev–Trinajstić information content (AvgIpc) is 3.24. The minimum Gasteiger partial charge on any atom is -0.390 e. The second-order valence-electron chi connectivity index (χ2n) is 11.7. The largest absolute Gasteiger partial charge is 0.472 e. The van der Waals surface area contributed by atoms with Gasteiger partial charge in [0, 0.05) is 5.41 Å². The molecule has 23 heteroatoms. The monoisotopic (exact) mass is 685 g/mol. The Labute approximate surface area is 255 Å². The maximum absolute atomic E-state index is 16.0. The Morgan fingerprint density at radius 1 is 1.04 bits per heavy atom. The summed E-state index contributed by atoms with van der Waals surface area (Å²) in [7, 11) is -10.1. The molecule has 2 aliphatic carbocycles. The number of nitrogens with two attached hydrogens (primary N) is 1. The van der Waals surface area contributed by atoms with Gasteiger partial charge in [0.15, 0.2) is 35.0 Å². The molecule has 4 aromatic heterocycles. The van der Waals surface area contributed by atoms with Crippen LogP contribution in [0.5, 0.6) is 0 Å². The number of rotatable bonds is 2. The van der Waals surface area contributed by atoms with Crippen molar-refractivity contribution in [3.05, 3.63) is 35.2 Å². The van der Waals surface area contributed by atoms with Crippen molar-refractivity contribution in [1.82, 2.24) is 39.0 Å². The standard InChI is InChI=1S/C23H26FN9O11P2/c1-8-30-20-13(21(35)31-8)29-6-32(20)14-9-2-23(9)4-41-46(38,39)43-15-10(3-40-45(36,37)44-16(14)17(23)34)42-22(11(15)24)33-7-28-12-18(25)26-5-27-19(12)33/h5-7,9-11,14-17,22,34H,2-4H2,1H3,(H,36,37)(H,38,39)(H2,25,26,27)(H,30,31,35)/t9-,10-,11-,14-,15-,16+,17+,22-,23-/m1/s1. The third-order valence-electron chi connectivity index (χ3n) is 9.04. The highest BCUT2D eigenvalue weighted by Gasteiger charge is 2.73. The zero-order valence-electron chi connectivity index (χ0n) is 23.6. The van der Waals surface area contributed by atoms with Crippen LogP contribution in [0.1, 0.15) is 24.5 Å². The number of H-pyrrole nitrogens is 1. The number of aliphatic hydroxyl groups is 1. The van der Waals surface area contributed by atoms with Crippen LogP contribution in [-0.4, -0.2) is 97.7 Å². The summed E-state index contributed by atoms with van der Waals surface area (Å²) in [5.74, 6) is -0.271. The normalized spacial score (nSPS) is 41.1. The van der Waals surface area contributed by atoms with Crippen LogP contribution in [0, 0.1) is 18.3 Å². The topological polar surface area (TPSA) is 274 Å². The van der Waals surface area contributed by atoms with E-state index in [1.165, 1.54) is 21.8 Å². The smallest absolute Gasteiger partial charge is 0.390 e. The van der Waals surface area contributed by atoms with Crippen molar-refractivity contribution in [1.29, 1.82) is 0 Å². The van der Waals surface area contributed by atoms with Gasteiger partial charge in [-0.05, 0) is 19.3 Å². The van der Waals surface area contributed by atoms with Gasteiger partial charge in [0.05, 0.1) is 38.0 Å². The van der Waals surface area contributed by atoms with Gasteiger partial charge in [-0.2, -0.15) is 0 Å². The molecule has 20 nitrogen and oxygen atoms in total. The van der Waals surface area contributed by atoms with Gasteiger partial charge in [0.1, 0.15) is 36.0 Å². The maximum atomic E-state index is 16.0. The van der Waals surface area contributed by atoms with E-state index in [2.05, 4.69) is 29.9 Å². The van der Waals surface area contributed by atoms with E-state index in [9.17, 15) is 28.8 Å². The van der Waals surface area contributed by atoms with Gasteiger partial charge in [0.25, 0.3) is 5.56 Å². The summed E-state index contributed by atoms with van der Waals surface area (Å²) in [5.41, 5.74) is 4.40. The first-order valence-electron chi connectivity index (χ1n) is 13.9. The van der Waals surface area contributed by atoms with E-state index in [-0.39, 0.29) is 40.4 Å². The highest BCUT2D eigenvalue weighted by atomic mass is 31.2. The number of aromatic amines is 1. The number of nitrogens with one attached hydrogen (secondary N) is 1. The number of hydrogen-bond donors (Lipinski definition) is 5. The maximum Gasteiger partial charge on any atom is 0.472 e. The summed E-state index contributed by atoms with van der Waals surface area (Å²) in [4.78, 5) is 57.0. The Morgan fingerprint density at radius 3 is 2.57 bits per heavy atom. The van der Waals surface area contributed by atoms with E-state index in [4.69, 9.17) is 28.6 Å². The summed E-state index contributed by atoms with van der Waals surface area (Å²) in [5, 5.41) is 11.4. The molecule has 2 saturated carbocycles. The molecule has 11 atom stereocenters. The molecule has 4 aliphatic rings. The summed E-state index contributed by atoms with van der Waals surface area (Å²) >= 11 is 0. The van der Waals surface area contributed by atoms with Crippen molar-refractivity contribution in [2.75, 3.05) is 18.9 Å². The quantitative estimate of drug-likeness (QED) is 0.174. The number of anilines is 1. The van der Waals surface area contributed by atoms with Crippen LogP contribution in [0.4, 0.5) is 10.2 Å². The lowest BCUT2D eigenvalue weighted by atomic mass is 10.0. The van der Waals surface area contributed by atoms with E-state index in [1.54, 1.807) is 6.92 Å². The third kappa shape index (κ3) is 4.57. The molecule has 2 aliphatic heterocycles. The molecule has 2 saturated heterocycles. The van der Waals surface area contributed by atoms with E-state index < -0.39 is 88.6 Å². The molecule has 246 valence electrons. The molecule has 8 rings (SSSR count). The van der Waals surface area contributed by atoms with Crippen molar-refractivity contribution in [3.63, 3.8) is 0 Å². The predicted octanol–water partition coefficient (Wildman–Crippen LogP) is 0.0255. The zero-order chi connectivity index (χ0) is 32.3. The first-order chi connectivity index (χ1) is 21.8. The first kappa shape index (κ1) is 30.1. The fourth-order valence-electron chi connectivity index (χ4n) is 6.84. The molecule has 0 radical (unpaired) electrons. The van der Waals surface area contributed by atoms with Crippen LogP contribution >= 0.6 is 15.6 Å². The lowest BCUT2D eigenvalue weighted by Gasteiger charge is -2.29. The molecule has 1 spiro atoms. The molecule has 6 N–H and O–H groups in total. The van der Waals surface area contributed by atoms with Gasteiger partial charge in [-0.15, -0.1) is 0 Å². The number of nitrogens with zero attached hydrogens (tertiary/aromatic N) is 7. The number of hydrogen-bond acceptors (Lipinski definition) is 15. The molecule has 0 amide bonds. The molecule has 2 bridgehead atoms. The number of aromatic nitrogens is 8. The van der Waals surface area contributed by atoms with E-state index in [0.29, 0.717) is 0 Å². The van der Waals surface area contributed by atoms with Gasteiger partial charge < -0.3 is 34.9 Å². The second-order valence-corrected chi connectivity index (χ2v) is 14.5. The Morgan fingerprint density at radius 2 is 1.76 bits per heavy atom. The Hall–Kier alpha value is -3.23. The van der Waals surface area contributed by atoms with E-state index >= 15 is 4.39 Å². The van der Waals surface area contributed by atoms with Crippen LogP contribution in [0.3, 0.4) is 0 Å². The molecule has 2 unspecified atom stereocenters. The lowest BCUT2D eigenvalue weighted by Crippen LogP contribution is -2.37. The fraction of sp³-hybridized carbons (Fsp3) is 0.565. The SMILES string of the molecule is Cc1nc2c(ncn2[C@H]2[C@@H]3OP(=O)(O)OC[C@H]4O[C@@H](n5cnc6c(N)ncnc65)[C@H](F)[C@@H]4OP(=O)(O)OC[C@@]4(C[C@H]24)[C@H]3O)c(=O)[nH]1. The van der Waals surface area contributed by atoms with Crippen molar-refractivity contribution < 1.29 is 51.2 Å². The van der Waals surface area contributed by atoms with Crippen molar-refractivity contribution in [3.8, 4) is 0 Å². The van der Waals surface area contributed by atoms with Crippen molar-refractivity contribution >= 4 is 43.8 Å². The summed E-state index contributed by atoms with van der Waals surface area (Å²) < 4.78 is 72.3. The average molecular weight is 685 g/mol.